The highest BCUT2D eigenvalue weighted by atomic mass is 32.2. The molecule has 1 aliphatic heterocycles. The lowest BCUT2D eigenvalue weighted by Crippen LogP contribution is -2.55. The van der Waals surface area contributed by atoms with Crippen LogP contribution < -0.4 is 21.3 Å². The van der Waals surface area contributed by atoms with E-state index >= 15 is 0 Å². The molecule has 0 aliphatic carbocycles. The first-order valence-electron chi connectivity index (χ1n) is 8.06. The zero-order valence-corrected chi connectivity index (χ0v) is 15.7. The summed E-state index contributed by atoms with van der Waals surface area (Å²) in [6.45, 7) is 0. The quantitative estimate of drug-likeness (QED) is 0.579. The SMILES string of the molecule is CNC(=O)CC1CC(=O)NC(SCC(=O)Nc2nc3ccccc3s2)N1. The maximum absolute atomic E-state index is 12.1. The molecule has 10 heteroatoms. The summed E-state index contributed by atoms with van der Waals surface area (Å²) >= 11 is 2.68. The highest BCUT2D eigenvalue weighted by molar-refractivity contribution is 8.00. The molecule has 0 bridgehead atoms. The van der Waals surface area contributed by atoms with Crippen LogP contribution in [0.1, 0.15) is 12.8 Å². The van der Waals surface area contributed by atoms with Gasteiger partial charge in [-0.3, -0.25) is 19.7 Å². The average molecular weight is 393 g/mol. The van der Waals surface area contributed by atoms with Gasteiger partial charge in [0.25, 0.3) is 0 Å². The fraction of sp³-hybridized carbons (Fsp3) is 0.375. The summed E-state index contributed by atoms with van der Waals surface area (Å²) in [5, 5.41) is 11.8. The van der Waals surface area contributed by atoms with E-state index in [1.54, 1.807) is 7.05 Å². The Morgan fingerprint density at radius 1 is 1.35 bits per heavy atom. The second kappa shape index (κ2) is 8.47. The van der Waals surface area contributed by atoms with E-state index in [0.717, 1.165) is 10.2 Å². The molecular weight excluding hydrogens is 374 g/mol. The van der Waals surface area contributed by atoms with E-state index in [2.05, 4.69) is 26.3 Å². The number of para-hydroxylation sites is 1. The molecule has 0 spiro atoms. The first-order valence-corrected chi connectivity index (χ1v) is 9.93. The number of hydrogen-bond acceptors (Lipinski definition) is 7. The smallest absolute Gasteiger partial charge is 0.236 e. The van der Waals surface area contributed by atoms with Crippen molar-refractivity contribution in [3.05, 3.63) is 24.3 Å². The predicted molar refractivity (Wildman–Crippen MR) is 103 cm³/mol. The van der Waals surface area contributed by atoms with Crippen LogP contribution in [-0.4, -0.2) is 47.0 Å². The number of benzene rings is 1. The van der Waals surface area contributed by atoms with Crippen LogP contribution in [0, 0.1) is 0 Å². The fourth-order valence-corrected chi connectivity index (χ4v) is 4.31. The Labute approximate surface area is 158 Å². The molecule has 138 valence electrons. The summed E-state index contributed by atoms with van der Waals surface area (Å²) in [7, 11) is 1.56. The molecule has 26 heavy (non-hydrogen) atoms. The summed E-state index contributed by atoms with van der Waals surface area (Å²) < 4.78 is 1.01. The van der Waals surface area contributed by atoms with Crippen LogP contribution in [0.25, 0.3) is 10.2 Å². The standard InChI is InChI=1S/C16H19N5O3S2/c1-17-12(22)6-9-7-13(23)20-15(18-9)25-8-14(24)21-16-19-10-4-2-3-5-11(10)26-16/h2-5,9,15,18H,6-8H2,1H3,(H,17,22)(H,20,23)(H,19,21,24). The van der Waals surface area contributed by atoms with Gasteiger partial charge in [0.15, 0.2) is 5.13 Å². The molecule has 8 nitrogen and oxygen atoms in total. The van der Waals surface area contributed by atoms with E-state index < -0.39 is 5.50 Å². The lowest BCUT2D eigenvalue weighted by Gasteiger charge is -2.30. The van der Waals surface area contributed by atoms with Gasteiger partial charge >= 0.3 is 0 Å². The highest BCUT2D eigenvalue weighted by Gasteiger charge is 2.27. The molecule has 2 unspecified atom stereocenters. The van der Waals surface area contributed by atoms with Gasteiger partial charge in [-0.05, 0) is 12.1 Å². The van der Waals surface area contributed by atoms with E-state index in [-0.39, 0.29) is 42.4 Å². The third-order valence-corrected chi connectivity index (χ3v) is 5.71. The van der Waals surface area contributed by atoms with Crippen molar-refractivity contribution in [2.45, 2.75) is 24.4 Å². The van der Waals surface area contributed by atoms with E-state index in [4.69, 9.17) is 0 Å². The minimum atomic E-state index is -0.410. The van der Waals surface area contributed by atoms with Crippen LogP contribution in [0.5, 0.6) is 0 Å². The molecule has 1 aliphatic rings. The topological polar surface area (TPSA) is 112 Å². The third kappa shape index (κ3) is 4.93. The molecule has 2 atom stereocenters. The Balaban J connectivity index is 1.50. The van der Waals surface area contributed by atoms with Crippen molar-refractivity contribution < 1.29 is 14.4 Å². The number of nitrogens with zero attached hydrogens (tertiary/aromatic N) is 1. The third-order valence-electron chi connectivity index (χ3n) is 3.74. The van der Waals surface area contributed by atoms with Crippen molar-refractivity contribution in [2.75, 3.05) is 18.1 Å². The molecule has 2 heterocycles. The Bertz CT molecular complexity index is 792. The van der Waals surface area contributed by atoms with Gasteiger partial charge in [0.05, 0.1) is 16.0 Å². The average Bonchev–Trinajstić information content (AvgIpc) is 3.01. The second-order valence-corrected chi connectivity index (χ2v) is 7.86. The number of carbonyl (C=O) groups is 3. The van der Waals surface area contributed by atoms with Crippen LogP contribution in [0.2, 0.25) is 0 Å². The van der Waals surface area contributed by atoms with Gasteiger partial charge in [-0.25, -0.2) is 4.98 Å². The van der Waals surface area contributed by atoms with Gasteiger partial charge in [0.1, 0.15) is 5.50 Å². The number of nitrogens with one attached hydrogen (secondary N) is 4. The van der Waals surface area contributed by atoms with Crippen molar-refractivity contribution in [1.29, 1.82) is 0 Å². The number of thioether (sulfide) groups is 1. The molecule has 3 amide bonds. The number of aromatic nitrogens is 1. The van der Waals surface area contributed by atoms with Crippen LogP contribution in [0.15, 0.2) is 24.3 Å². The Morgan fingerprint density at radius 2 is 2.15 bits per heavy atom. The molecule has 3 rings (SSSR count). The maximum Gasteiger partial charge on any atom is 0.236 e. The van der Waals surface area contributed by atoms with Crippen molar-refractivity contribution in [2.24, 2.45) is 0 Å². The lowest BCUT2D eigenvalue weighted by molar-refractivity contribution is -0.125. The van der Waals surface area contributed by atoms with Gasteiger partial charge in [-0.15, -0.1) is 11.8 Å². The second-order valence-electron chi connectivity index (χ2n) is 5.74. The monoisotopic (exact) mass is 393 g/mol. The lowest BCUT2D eigenvalue weighted by atomic mass is 10.1. The van der Waals surface area contributed by atoms with Crippen LogP contribution in [0.4, 0.5) is 5.13 Å². The van der Waals surface area contributed by atoms with Gasteiger partial charge in [-0.2, -0.15) is 0 Å². The summed E-state index contributed by atoms with van der Waals surface area (Å²) in [6.07, 6.45) is 0.460. The number of hydrogen-bond donors (Lipinski definition) is 4. The maximum atomic E-state index is 12.1. The zero-order chi connectivity index (χ0) is 18.5. The van der Waals surface area contributed by atoms with E-state index in [0.29, 0.717) is 5.13 Å². The van der Waals surface area contributed by atoms with Crippen LogP contribution >= 0.6 is 23.1 Å². The predicted octanol–water partition coefficient (Wildman–Crippen LogP) is 0.866. The molecule has 1 aromatic carbocycles. The van der Waals surface area contributed by atoms with E-state index in [9.17, 15) is 14.4 Å². The van der Waals surface area contributed by atoms with Crippen LogP contribution in [0.3, 0.4) is 0 Å². The molecule has 2 aromatic rings. The van der Waals surface area contributed by atoms with Crippen molar-refractivity contribution in [3.8, 4) is 0 Å². The van der Waals surface area contributed by atoms with Crippen molar-refractivity contribution in [1.82, 2.24) is 20.9 Å². The summed E-state index contributed by atoms with van der Waals surface area (Å²) in [6, 6.07) is 7.43. The molecule has 4 N–H and O–H groups in total. The minimum Gasteiger partial charge on any atom is -0.359 e. The van der Waals surface area contributed by atoms with Gasteiger partial charge in [0.2, 0.25) is 17.7 Å². The Hall–Kier alpha value is -2.17. The van der Waals surface area contributed by atoms with E-state index in [1.807, 2.05) is 24.3 Å². The molecule has 1 fully saturated rings. The first-order chi connectivity index (χ1) is 12.5. The van der Waals surface area contributed by atoms with E-state index in [1.165, 1.54) is 23.1 Å². The largest absolute Gasteiger partial charge is 0.359 e. The summed E-state index contributed by atoms with van der Waals surface area (Å²) in [4.78, 5) is 39.8. The minimum absolute atomic E-state index is 0.130. The molecule has 0 radical (unpaired) electrons. The Morgan fingerprint density at radius 3 is 2.92 bits per heavy atom. The Kier molecular flexibility index (Phi) is 6.07. The summed E-state index contributed by atoms with van der Waals surface area (Å²) in [5.41, 5.74) is 0.436. The number of anilines is 1. The van der Waals surface area contributed by atoms with Gasteiger partial charge < -0.3 is 16.0 Å². The van der Waals surface area contributed by atoms with Crippen molar-refractivity contribution >= 4 is 56.2 Å². The number of amides is 3. The van der Waals surface area contributed by atoms with Gasteiger partial charge in [-0.1, -0.05) is 23.5 Å². The van der Waals surface area contributed by atoms with Crippen molar-refractivity contribution in [3.63, 3.8) is 0 Å². The van der Waals surface area contributed by atoms with Crippen LogP contribution in [-0.2, 0) is 14.4 Å². The molecular formula is C16H19N5O3S2. The normalized spacial score (nSPS) is 19.8. The molecule has 0 saturated carbocycles. The number of carbonyl (C=O) groups excluding carboxylic acids is 3. The zero-order valence-electron chi connectivity index (χ0n) is 14.1. The number of thiazole rings is 1. The fourth-order valence-electron chi connectivity index (χ4n) is 2.53. The molecule has 1 saturated heterocycles. The highest BCUT2D eigenvalue weighted by Crippen LogP contribution is 2.25. The van der Waals surface area contributed by atoms with Gasteiger partial charge in [0, 0.05) is 25.9 Å². The number of rotatable bonds is 6. The summed E-state index contributed by atoms with van der Waals surface area (Å²) in [5.74, 6) is -0.310. The first kappa shape index (κ1) is 18.6. The molecule has 1 aromatic heterocycles. The number of fused-ring (bicyclic) bond motifs is 1.